The molecule has 0 aliphatic carbocycles. The lowest BCUT2D eigenvalue weighted by atomic mass is 9.94. The predicted molar refractivity (Wildman–Crippen MR) is 66.1 cm³/mol. The first-order valence-electron chi connectivity index (χ1n) is 5.14. The van der Waals surface area contributed by atoms with Crippen LogP contribution in [0.3, 0.4) is 0 Å². The van der Waals surface area contributed by atoms with Crippen molar-refractivity contribution in [3.63, 3.8) is 0 Å². The molecule has 0 aromatic heterocycles. The Balaban J connectivity index is 0.00000225. The van der Waals surface area contributed by atoms with Gasteiger partial charge in [-0.15, -0.1) is 0 Å². The van der Waals surface area contributed by atoms with Crippen LogP contribution in [-0.2, 0) is 9.13 Å². The van der Waals surface area contributed by atoms with Gasteiger partial charge >= 0.3 is 0 Å². The zero-order chi connectivity index (χ0) is 11.5. The quantitative estimate of drug-likeness (QED) is 0.317. The molecule has 0 aromatic carbocycles. The SMILES string of the molecule is C[N+]1(C)CC(CCS)CCC1(P=O)P=O.[I-]. The van der Waals surface area contributed by atoms with E-state index >= 15 is 0 Å². The van der Waals surface area contributed by atoms with E-state index < -0.39 is 5.02 Å². The van der Waals surface area contributed by atoms with Gasteiger partial charge in [-0.1, -0.05) is 0 Å². The minimum atomic E-state index is -0.618. The van der Waals surface area contributed by atoms with E-state index in [0.717, 1.165) is 31.6 Å². The minimum Gasteiger partial charge on any atom is -1.00 e. The standard InChI is InChI=1S/C9H17NO2P2S.HI/c1-10(2)7-8(4-6-15)3-5-9(10,13-11)14-12;/h8H,3-7H2,1-2H3;1H. The van der Waals surface area contributed by atoms with E-state index in [2.05, 4.69) is 12.6 Å². The van der Waals surface area contributed by atoms with Crippen molar-refractivity contribution < 1.29 is 37.6 Å². The van der Waals surface area contributed by atoms with Crippen molar-refractivity contribution in [1.82, 2.24) is 0 Å². The van der Waals surface area contributed by atoms with Gasteiger partial charge < -0.3 is 28.5 Å². The summed E-state index contributed by atoms with van der Waals surface area (Å²) in [5, 5.41) is -0.618. The van der Waals surface area contributed by atoms with Crippen LogP contribution in [0.1, 0.15) is 19.3 Å². The number of nitrogens with zero attached hydrogens (tertiary/aromatic N) is 1. The molecule has 0 saturated carbocycles. The highest BCUT2D eigenvalue weighted by Crippen LogP contribution is 2.50. The summed E-state index contributed by atoms with van der Waals surface area (Å²) in [6, 6.07) is 0. The van der Waals surface area contributed by atoms with Gasteiger partial charge in [0.25, 0.3) is 5.02 Å². The Kier molecular flexibility index (Phi) is 7.52. The molecule has 3 nitrogen and oxygen atoms in total. The fourth-order valence-electron chi connectivity index (χ4n) is 2.33. The topological polar surface area (TPSA) is 34.1 Å². The molecule has 94 valence electrons. The largest absolute Gasteiger partial charge is 1.00 e. The number of piperidine rings is 1. The lowest BCUT2D eigenvalue weighted by Gasteiger charge is -2.46. The van der Waals surface area contributed by atoms with Gasteiger partial charge in [0.05, 0.1) is 20.6 Å². The molecule has 1 aliphatic rings. The van der Waals surface area contributed by atoms with E-state index in [-0.39, 0.29) is 40.9 Å². The fourth-order valence-corrected chi connectivity index (χ4v) is 3.88. The second-order valence-electron chi connectivity index (χ2n) is 4.74. The molecule has 0 amide bonds. The molecule has 1 aliphatic heterocycles. The van der Waals surface area contributed by atoms with Gasteiger partial charge in [-0.05, 0) is 18.6 Å². The number of rotatable bonds is 4. The molecule has 1 rings (SSSR count). The number of thiol groups is 1. The summed E-state index contributed by atoms with van der Waals surface area (Å²) in [5.74, 6) is 1.51. The molecule has 1 unspecified atom stereocenters. The predicted octanol–water partition coefficient (Wildman–Crippen LogP) is 0.0339. The summed E-state index contributed by atoms with van der Waals surface area (Å²) >= 11 is 4.24. The van der Waals surface area contributed by atoms with Gasteiger partial charge in [-0.3, -0.25) is 9.13 Å². The van der Waals surface area contributed by atoms with Crippen LogP contribution in [-0.4, -0.2) is 35.9 Å². The molecular weight excluding hydrogens is 375 g/mol. The zero-order valence-corrected chi connectivity index (χ0v) is 14.4. The summed E-state index contributed by atoms with van der Waals surface area (Å²) in [6.45, 7) is 0.936. The highest BCUT2D eigenvalue weighted by Gasteiger charge is 2.52. The Bertz CT molecular complexity index is 258. The van der Waals surface area contributed by atoms with Crippen molar-refractivity contribution in [3.8, 4) is 0 Å². The van der Waals surface area contributed by atoms with Gasteiger partial charge in [0.1, 0.15) is 0 Å². The van der Waals surface area contributed by atoms with E-state index in [1.807, 2.05) is 14.1 Å². The summed E-state index contributed by atoms with van der Waals surface area (Å²) in [5.41, 5.74) is 0. The maximum absolute atomic E-state index is 11.3. The zero-order valence-electron chi connectivity index (χ0n) is 9.60. The van der Waals surface area contributed by atoms with Crippen molar-refractivity contribution >= 4 is 29.5 Å². The molecule has 0 radical (unpaired) electrons. The Morgan fingerprint density at radius 1 is 1.38 bits per heavy atom. The van der Waals surface area contributed by atoms with Crippen molar-refractivity contribution in [2.24, 2.45) is 5.92 Å². The van der Waals surface area contributed by atoms with Crippen molar-refractivity contribution in [2.45, 2.75) is 24.3 Å². The number of likely N-dealkylation sites (tertiary alicyclic amines) is 1. The molecule has 1 fully saturated rings. The smallest absolute Gasteiger partial charge is 0.256 e. The molecule has 7 heteroatoms. The highest BCUT2D eigenvalue weighted by molar-refractivity contribution is 7.80. The second-order valence-corrected chi connectivity index (χ2v) is 7.39. The maximum atomic E-state index is 11.3. The fraction of sp³-hybridized carbons (Fsp3) is 1.00. The Morgan fingerprint density at radius 3 is 2.31 bits per heavy atom. The first-order valence-corrected chi connectivity index (χ1v) is 7.40. The summed E-state index contributed by atoms with van der Waals surface area (Å²) < 4.78 is 23.1. The molecule has 0 N–H and O–H groups in total. The maximum Gasteiger partial charge on any atom is 0.256 e. The second kappa shape index (κ2) is 6.98. The Labute approximate surface area is 123 Å². The van der Waals surface area contributed by atoms with Gasteiger partial charge in [-0.25, -0.2) is 0 Å². The lowest BCUT2D eigenvalue weighted by molar-refractivity contribution is -0.919. The third-order valence-corrected chi connectivity index (χ3v) is 6.26. The first-order chi connectivity index (χ1) is 7.01. The Hall–Kier alpha value is 1.24. The average molecular weight is 393 g/mol. The highest BCUT2D eigenvalue weighted by atomic mass is 127. The van der Waals surface area contributed by atoms with Gasteiger partial charge in [0.15, 0.2) is 0 Å². The van der Waals surface area contributed by atoms with Crippen LogP contribution in [0.2, 0.25) is 0 Å². The van der Waals surface area contributed by atoms with Gasteiger partial charge in [-0.2, -0.15) is 12.6 Å². The molecule has 16 heavy (non-hydrogen) atoms. The molecule has 1 atom stereocenters. The van der Waals surface area contributed by atoms with Crippen LogP contribution in [0.15, 0.2) is 0 Å². The van der Waals surface area contributed by atoms with Crippen LogP contribution in [0, 0.1) is 5.92 Å². The van der Waals surface area contributed by atoms with E-state index in [1.165, 1.54) is 0 Å². The van der Waals surface area contributed by atoms with E-state index in [1.54, 1.807) is 0 Å². The number of quaternary nitrogens is 1. The van der Waals surface area contributed by atoms with Crippen LogP contribution in [0.4, 0.5) is 0 Å². The van der Waals surface area contributed by atoms with Crippen LogP contribution < -0.4 is 24.0 Å². The van der Waals surface area contributed by atoms with Crippen LogP contribution >= 0.6 is 29.5 Å². The normalized spacial score (nSPS) is 33.6. The molecular formula is C9H18INO2P2S. The third kappa shape index (κ3) is 3.38. The van der Waals surface area contributed by atoms with E-state index in [0.29, 0.717) is 10.4 Å². The molecule has 0 spiro atoms. The Morgan fingerprint density at radius 2 is 1.94 bits per heavy atom. The van der Waals surface area contributed by atoms with Crippen molar-refractivity contribution in [1.29, 1.82) is 0 Å². The number of hydrogen-bond acceptors (Lipinski definition) is 3. The average Bonchev–Trinajstić information content (AvgIpc) is 2.18. The summed E-state index contributed by atoms with van der Waals surface area (Å²) in [6.07, 6.45) is 2.85. The summed E-state index contributed by atoms with van der Waals surface area (Å²) in [7, 11) is 4.03. The molecule has 1 saturated heterocycles. The summed E-state index contributed by atoms with van der Waals surface area (Å²) in [4.78, 5) is 0. The van der Waals surface area contributed by atoms with Gasteiger partial charge in [0.2, 0.25) is 16.9 Å². The van der Waals surface area contributed by atoms with E-state index in [4.69, 9.17) is 0 Å². The monoisotopic (exact) mass is 393 g/mol. The van der Waals surface area contributed by atoms with Crippen LogP contribution in [0.5, 0.6) is 0 Å². The molecule has 0 aromatic rings. The first kappa shape index (κ1) is 17.2. The van der Waals surface area contributed by atoms with E-state index in [9.17, 15) is 9.13 Å². The third-order valence-electron chi connectivity index (χ3n) is 3.40. The number of halogens is 1. The molecule has 1 heterocycles. The number of hydrogen-bond donors (Lipinski definition) is 1. The van der Waals surface area contributed by atoms with Crippen molar-refractivity contribution in [2.75, 3.05) is 26.4 Å². The van der Waals surface area contributed by atoms with Crippen molar-refractivity contribution in [3.05, 3.63) is 0 Å². The lowest BCUT2D eigenvalue weighted by Crippen LogP contribution is -3.00. The van der Waals surface area contributed by atoms with Crippen LogP contribution in [0.25, 0.3) is 0 Å². The minimum absolute atomic E-state index is 0. The van der Waals surface area contributed by atoms with Gasteiger partial charge in [0, 0.05) is 12.3 Å². The molecule has 0 bridgehead atoms.